The van der Waals surface area contributed by atoms with Crippen molar-refractivity contribution in [3.05, 3.63) is 47.8 Å². The lowest BCUT2D eigenvalue weighted by molar-refractivity contribution is -0.138. The van der Waals surface area contributed by atoms with Crippen LogP contribution in [0.2, 0.25) is 0 Å². The van der Waals surface area contributed by atoms with Crippen LogP contribution in [0.1, 0.15) is 11.3 Å². The number of pyridine rings is 1. The van der Waals surface area contributed by atoms with Gasteiger partial charge in [0, 0.05) is 44.8 Å². The average Bonchev–Trinajstić information content (AvgIpc) is 3.01. The number of aromatic nitrogens is 4. The second kappa shape index (κ2) is 6.36. The fourth-order valence-corrected chi connectivity index (χ4v) is 3.22. The first kappa shape index (κ1) is 17.5. The molecule has 3 aromatic rings. The molecule has 0 aliphatic carbocycles. The first-order chi connectivity index (χ1) is 12.8. The number of fused-ring (bicyclic) bond motifs is 1. The van der Waals surface area contributed by atoms with Crippen molar-refractivity contribution in [2.24, 2.45) is 0 Å². The van der Waals surface area contributed by atoms with Crippen LogP contribution < -0.4 is 9.80 Å². The van der Waals surface area contributed by atoms with Crippen molar-refractivity contribution in [3.63, 3.8) is 0 Å². The largest absolute Gasteiger partial charge is 0.417 e. The van der Waals surface area contributed by atoms with E-state index < -0.39 is 17.6 Å². The summed E-state index contributed by atoms with van der Waals surface area (Å²) in [6.45, 7) is 3.82. The van der Waals surface area contributed by atoms with E-state index in [1.165, 1.54) is 0 Å². The highest BCUT2D eigenvalue weighted by Gasteiger charge is 2.33. The van der Waals surface area contributed by atoms with Crippen LogP contribution in [0.25, 0.3) is 5.52 Å². The lowest BCUT2D eigenvalue weighted by Crippen LogP contribution is -2.47. The molecular formula is C17H16F4N6. The zero-order chi connectivity index (χ0) is 19.2. The average molecular weight is 380 g/mol. The molecule has 10 heteroatoms. The molecule has 0 unspecified atom stereocenters. The fourth-order valence-electron chi connectivity index (χ4n) is 3.22. The van der Waals surface area contributed by atoms with Crippen molar-refractivity contribution in [2.45, 2.75) is 13.1 Å². The van der Waals surface area contributed by atoms with Gasteiger partial charge in [-0.05, 0) is 19.1 Å². The number of anilines is 2. The highest BCUT2D eigenvalue weighted by atomic mass is 19.4. The first-order valence-corrected chi connectivity index (χ1v) is 8.36. The maximum absolute atomic E-state index is 14.2. The summed E-state index contributed by atoms with van der Waals surface area (Å²) < 4.78 is 53.9. The maximum Gasteiger partial charge on any atom is 0.417 e. The quantitative estimate of drug-likeness (QED) is 0.640. The highest BCUT2D eigenvalue weighted by molar-refractivity contribution is 5.69. The van der Waals surface area contributed by atoms with E-state index in [-0.39, 0.29) is 5.82 Å². The summed E-state index contributed by atoms with van der Waals surface area (Å²) in [6, 6.07) is 2.43. The van der Waals surface area contributed by atoms with E-state index in [2.05, 4.69) is 20.0 Å². The van der Waals surface area contributed by atoms with E-state index in [1.54, 1.807) is 21.8 Å². The molecule has 0 aromatic carbocycles. The molecule has 1 aliphatic rings. The van der Waals surface area contributed by atoms with Crippen molar-refractivity contribution in [1.29, 1.82) is 0 Å². The Hall–Kier alpha value is -2.91. The summed E-state index contributed by atoms with van der Waals surface area (Å²) in [4.78, 5) is 11.8. The van der Waals surface area contributed by atoms with Gasteiger partial charge in [-0.25, -0.2) is 18.9 Å². The summed E-state index contributed by atoms with van der Waals surface area (Å²) >= 11 is 0. The van der Waals surface area contributed by atoms with Gasteiger partial charge in [-0.1, -0.05) is 0 Å². The van der Waals surface area contributed by atoms with Crippen LogP contribution in [0.4, 0.5) is 29.2 Å². The minimum absolute atomic E-state index is 0.0611. The number of hydrogen-bond donors (Lipinski definition) is 0. The maximum atomic E-state index is 14.2. The fraction of sp³-hybridized carbons (Fsp3) is 0.353. The number of aryl methyl sites for hydroxylation is 1. The predicted octanol–water partition coefficient (Wildman–Crippen LogP) is 2.92. The van der Waals surface area contributed by atoms with Gasteiger partial charge < -0.3 is 9.80 Å². The molecular weight excluding hydrogens is 364 g/mol. The van der Waals surface area contributed by atoms with Gasteiger partial charge in [0.2, 0.25) is 0 Å². The molecule has 0 atom stereocenters. The molecule has 0 bridgehead atoms. The van der Waals surface area contributed by atoms with Crippen LogP contribution in [-0.2, 0) is 6.18 Å². The molecule has 4 rings (SSSR count). The second-order valence-electron chi connectivity index (χ2n) is 6.37. The van der Waals surface area contributed by atoms with Gasteiger partial charge in [-0.3, -0.25) is 0 Å². The van der Waals surface area contributed by atoms with Gasteiger partial charge in [-0.15, -0.1) is 0 Å². The van der Waals surface area contributed by atoms with Crippen LogP contribution in [0.3, 0.4) is 0 Å². The Kier molecular flexibility index (Phi) is 4.12. The summed E-state index contributed by atoms with van der Waals surface area (Å²) in [5.74, 6) is -0.252. The SMILES string of the molecule is Cc1cc2c(N3CCN(c4ncc(C(F)(F)F)cc4F)CC3)nccn2n1. The minimum atomic E-state index is -4.61. The Labute approximate surface area is 152 Å². The molecule has 0 N–H and O–H groups in total. The molecule has 0 saturated carbocycles. The van der Waals surface area contributed by atoms with E-state index >= 15 is 0 Å². The van der Waals surface area contributed by atoms with Gasteiger partial charge in [0.15, 0.2) is 17.5 Å². The summed E-state index contributed by atoms with van der Waals surface area (Å²) in [7, 11) is 0. The lowest BCUT2D eigenvalue weighted by Gasteiger charge is -2.36. The number of alkyl halides is 3. The van der Waals surface area contributed by atoms with Crippen molar-refractivity contribution in [2.75, 3.05) is 36.0 Å². The molecule has 4 heterocycles. The lowest BCUT2D eigenvalue weighted by atomic mass is 10.2. The van der Waals surface area contributed by atoms with Crippen LogP contribution in [0.15, 0.2) is 30.7 Å². The molecule has 0 radical (unpaired) electrons. The molecule has 1 fully saturated rings. The first-order valence-electron chi connectivity index (χ1n) is 8.36. The van der Waals surface area contributed by atoms with Crippen molar-refractivity contribution >= 4 is 17.2 Å². The third kappa shape index (κ3) is 3.26. The zero-order valence-corrected chi connectivity index (χ0v) is 14.4. The van der Waals surface area contributed by atoms with E-state index in [0.717, 1.165) is 17.0 Å². The van der Waals surface area contributed by atoms with Crippen LogP contribution in [0, 0.1) is 12.7 Å². The number of piperazine rings is 1. The molecule has 0 spiro atoms. The molecule has 0 amide bonds. The van der Waals surface area contributed by atoms with E-state index in [9.17, 15) is 17.6 Å². The molecule has 1 saturated heterocycles. The third-order valence-electron chi connectivity index (χ3n) is 4.52. The van der Waals surface area contributed by atoms with Crippen LogP contribution in [-0.4, -0.2) is 45.8 Å². The molecule has 6 nitrogen and oxygen atoms in total. The van der Waals surface area contributed by atoms with Gasteiger partial charge >= 0.3 is 6.18 Å². The molecule has 3 aromatic heterocycles. The normalized spacial score (nSPS) is 15.6. The Bertz CT molecular complexity index is 975. The van der Waals surface area contributed by atoms with Crippen molar-refractivity contribution in [3.8, 4) is 0 Å². The van der Waals surface area contributed by atoms with E-state index in [0.29, 0.717) is 38.4 Å². The smallest absolute Gasteiger partial charge is 0.351 e. The summed E-state index contributed by atoms with van der Waals surface area (Å²) in [5, 5.41) is 4.36. The van der Waals surface area contributed by atoms with Crippen molar-refractivity contribution in [1.82, 2.24) is 19.6 Å². The Balaban J connectivity index is 1.52. The molecule has 142 valence electrons. The monoisotopic (exact) mass is 380 g/mol. The van der Waals surface area contributed by atoms with E-state index in [4.69, 9.17) is 0 Å². The minimum Gasteiger partial charge on any atom is -0.351 e. The van der Waals surface area contributed by atoms with Gasteiger partial charge in [0.25, 0.3) is 0 Å². The van der Waals surface area contributed by atoms with Gasteiger partial charge in [-0.2, -0.15) is 18.3 Å². The molecule has 27 heavy (non-hydrogen) atoms. The molecule has 1 aliphatic heterocycles. The Morgan fingerprint density at radius 3 is 2.26 bits per heavy atom. The zero-order valence-electron chi connectivity index (χ0n) is 14.4. The Morgan fingerprint density at radius 1 is 0.963 bits per heavy atom. The Morgan fingerprint density at radius 2 is 1.63 bits per heavy atom. The number of nitrogens with zero attached hydrogens (tertiary/aromatic N) is 6. The van der Waals surface area contributed by atoms with Crippen LogP contribution in [0.5, 0.6) is 0 Å². The van der Waals surface area contributed by atoms with Crippen molar-refractivity contribution < 1.29 is 17.6 Å². The topological polar surface area (TPSA) is 49.6 Å². The third-order valence-corrected chi connectivity index (χ3v) is 4.52. The second-order valence-corrected chi connectivity index (χ2v) is 6.37. The standard InChI is InChI=1S/C17H16F4N6/c1-11-8-14-16(22-2-3-27(14)24-11)26-6-4-25(5-7-26)15-13(18)9-12(10-23-15)17(19,20)21/h2-3,8-10H,4-7H2,1H3. The summed E-state index contributed by atoms with van der Waals surface area (Å²) in [5.41, 5.74) is 0.663. The van der Waals surface area contributed by atoms with E-state index in [1.807, 2.05) is 13.0 Å². The number of hydrogen-bond acceptors (Lipinski definition) is 5. The summed E-state index contributed by atoms with van der Waals surface area (Å²) in [6.07, 6.45) is -0.511. The van der Waals surface area contributed by atoms with Gasteiger partial charge in [0.1, 0.15) is 5.52 Å². The van der Waals surface area contributed by atoms with Gasteiger partial charge in [0.05, 0.1) is 11.3 Å². The van der Waals surface area contributed by atoms with Crippen LogP contribution >= 0.6 is 0 Å². The predicted molar refractivity (Wildman–Crippen MR) is 91.3 cm³/mol. The number of rotatable bonds is 2. The highest BCUT2D eigenvalue weighted by Crippen LogP contribution is 2.31. The number of halogens is 4.